The van der Waals surface area contributed by atoms with Crippen molar-refractivity contribution in [2.24, 2.45) is 5.10 Å². The van der Waals surface area contributed by atoms with E-state index in [0.717, 1.165) is 5.56 Å². The van der Waals surface area contributed by atoms with Gasteiger partial charge in [0, 0.05) is 16.1 Å². The van der Waals surface area contributed by atoms with Gasteiger partial charge < -0.3 is 4.74 Å². The van der Waals surface area contributed by atoms with E-state index in [1.165, 1.54) is 10.9 Å². The number of benzene rings is 4. The lowest BCUT2D eigenvalue weighted by Gasteiger charge is -2.11. The van der Waals surface area contributed by atoms with Gasteiger partial charge in [-0.1, -0.05) is 65.2 Å². The van der Waals surface area contributed by atoms with E-state index in [4.69, 9.17) is 27.9 Å². The molecule has 182 valence electrons. The molecule has 0 fully saturated rings. The van der Waals surface area contributed by atoms with Crippen molar-refractivity contribution in [3.8, 4) is 17.1 Å². The SMILES string of the molecule is Cc1cccc(C(=O)Oc2ccccc2C=Nn2c(-c3ccc(Cl)cc3Cl)nc3ccccc3c2=O)c1. The van der Waals surface area contributed by atoms with Gasteiger partial charge in [-0.3, -0.25) is 4.79 Å². The molecule has 0 aliphatic rings. The Kier molecular flexibility index (Phi) is 6.86. The fourth-order valence-electron chi connectivity index (χ4n) is 3.81. The molecule has 0 saturated carbocycles. The number of rotatable bonds is 5. The van der Waals surface area contributed by atoms with Crippen LogP contribution in [-0.2, 0) is 0 Å². The molecule has 0 bridgehead atoms. The van der Waals surface area contributed by atoms with Gasteiger partial charge in [0.25, 0.3) is 5.56 Å². The van der Waals surface area contributed by atoms with Crippen LogP contribution in [0.3, 0.4) is 0 Å². The third-order valence-electron chi connectivity index (χ3n) is 5.61. The van der Waals surface area contributed by atoms with Crippen LogP contribution in [0.2, 0.25) is 10.0 Å². The van der Waals surface area contributed by atoms with E-state index in [9.17, 15) is 9.59 Å². The lowest BCUT2D eigenvalue weighted by molar-refractivity contribution is 0.0734. The second kappa shape index (κ2) is 10.4. The van der Waals surface area contributed by atoms with Crippen LogP contribution in [0, 0.1) is 6.92 Å². The van der Waals surface area contributed by atoms with Gasteiger partial charge in [-0.05, 0) is 61.5 Å². The molecule has 6 nitrogen and oxygen atoms in total. The number of aryl methyl sites for hydroxylation is 1. The molecule has 0 aliphatic heterocycles. The van der Waals surface area contributed by atoms with Crippen molar-refractivity contribution in [1.82, 2.24) is 9.66 Å². The molecule has 0 saturated heterocycles. The fourth-order valence-corrected chi connectivity index (χ4v) is 4.30. The number of fused-ring (bicyclic) bond motifs is 1. The fraction of sp³-hybridized carbons (Fsp3) is 0.0345. The summed E-state index contributed by atoms with van der Waals surface area (Å²) in [6.07, 6.45) is 1.45. The third-order valence-corrected chi connectivity index (χ3v) is 6.16. The Bertz CT molecular complexity index is 1740. The smallest absolute Gasteiger partial charge is 0.343 e. The maximum Gasteiger partial charge on any atom is 0.343 e. The minimum Gasteiger partial charge on any atom is -0.422 e. The Balaban J connectivity index is 1.59. The quantitative estimate of drug-likeness (QED) is 0.143. The molecule has 8 heteroatoms. The maximum atomic E-state index is 13.5. The van der Waals surface area contributed by atoms with Crippen LogP contribution in [0.5, 0.6) is 5.75 Å². The van der Waals surface area contributed by atoms with Gasteiger partial charge in [-0.25, -0.2) is 9.78 Å². The number of hydrogen-bond donors (Lipinski definition) is 0. The summed E-state index contributed by atoms with van der Waals surface area (Å²) < 4.78 is 6.83. The molecular formula is C29H19Cl2N3O3. The molecule has 4 aromatic carbocycles. The normalized spacial score (nSPS) is 11.2. The molecule has 5 rings (SSSR count). The van der Waals surface area contributed by atoms with Crippen LogP contribution in [0.15, 0.2) is 101 Å². The molecule has 1 aromatic heterocycles. The first kappa shape index (κ1) is 24.4. The second-order valence-electron chi connectivity index (χ2n) is 8.24. The van der Waals surface area contributed by atoms with Gasteiger partial charge in [0.05, 0.1) is 27.7 Å². The highest BCUT2D eigenvalue weighted by atomic mass is 35.5. The van der Waals surface area contributed by atoms with Crippen molar-refractivity contribution < 1.29 is 9.53 Å². The number of carbonyl (C=O) groups is 1. The molecule has 1 heterocycles. The summed E-state index contributed by atoms with van der Waals surface area (Å²) in [6.45, 7) is 1.90. The van der Waals surface area contributed by atoms with Crippen molar-refractivity contribution >= 4 is 46.3 Å². The van der Waals surface area contributed by atoms with E-state index in [0.29, 0.717) is 43.4 Å². The van der Waals surface area contributed by atoms with E-state index in [1.54, 1.807) is 84.9 Å². The second-order valence-corrected chi connectivity index (χ2v) is 9.08. The number of hydrogen-bond acceptors (Lipinski definition) is 5. The Morgan fingerprint density at radius 3 is 2.54 bits per heavy atom. The minimum absolute atomic E-state index is 0.246. The first-order valence-corrected chi connectivity index (χ1v) is 12.1. The molecular weight excluding hydrogens is 509 g/mol. The first-order chi connectivity index (χ1) is 17.9. The first-order valence-electron chi connectivity index (χ1n) is 11.3. The lowest BCUT2D eigenvalue weighted by atomic mass is 10.1. The van der Waals surface area contributed by atoms with Crippen LogP contribution in [0.25, 0.3) is 22.3 Å². The average Bonchev–Trinajstić information content (AvgIpc) is 2.89. The molecule has 0 aliphatic carbocycles. The molecule has 37 heavy (non-hydrogen) atoms. The molecule has 0 amide bonds. The van der Waals surface area contributed by atoms with Crippen molar-refractivity contribution in [3.05, 3.63) is 128 Å². The minimum atomic E-state index is -0.497. The molecule has 0 unspecified atom stereocenters. The third kappa shape index (κ3) is 5.16. The summed E-state index contributed by atoms with van der Waals surface area (Å²) in [4.78, 5) is 30.9. The van der Waals surface area contributed by atoms with Gasteiger partial charge >= 0.3 is 5.97 Å². The number of halogens is 2. The highest BCUT2D eigenvalue weighted by Gasteiger charge is 2.16. The summed E-state index contributed by atoms with van der Waals surface area (Å²) >= 11 is 12.5. The van der Waals surface area contributed by atoms with E-state index in [1.807, 2.05) is 13.0 Å². The van der Waals surface area contributed by atoms with Gasteiger partial charge in [0.15, 0.2) is 5.82 Å². The lowest BCUT2D eigenvalue weighted by Crippen LogP contribution is -2.20. The molecule has 5 aromatic rings. The Morgan fingerprint density at radius 1 is 0.946 bits per heavy atom. The van der Waals surface area contributed by atoms with Crippen LogP contribution in [0.4, 0.5) is 0 Å². The number of ether oxygens (including phenoxy) is 1. The van der Waals surface area contributed by atoms with Crippen molar-refractivity contribution in [2.75, 3.05) is 0 Å². The number of para-hydroxylation sites is 2. The van der Waals surface area contributed by atoms with Gasteiger partial charge in [0.2, 0.25) is 0 Å². The Labute approximate surface area is 222 Å². The van der Waals surface area contributed by atoms with E-state index in [-0.39, 0.29) is 11.4 Å². The molecule has 0 spiro atoms. The van der Waals surface area contributed by atoms with Gasteiger partial charge in [0.1, 0.15) is 5.75 Å². The number of carbonyl (C=O) groups excluding carboxylic acids is 1. The molecule has 0 atom stereocenters. The molecule has 0 radical (unpaired) electrons. The maximum absolute atomic E-state index is 13.5. The monoisotopic (exact) mass is 527 g/mol. The Morgan fingerprint density at radius 2 is 1.73 bits per heavy atom. The highest BCUT2D eigenvalue weighted by molar-refractivity contribution is 6.36. The zero-order valence-corrected chi connectivity index (χ0v) is 21.1. The standard InChI is InChI=1S/C29H19Cl2N3O3/c1-18-7-6-9-19(15-18)29(36)37-26-12-5-2-8-20(26)17-32-34-27(22-14-13-21(30)16-24(22)31)33-25-11-4-3-10-23(25)28(34)35/h2-17H,1H3. The summed E-state index contributed by atoms with van der Waals surface area (Å²) in [5, 5.41) is 5.63. The Hall–Kier alpha value is -4.26. The van der Waals surface area contributed by atoms with Crippen LogP contribution in [0.1, 0.15) is 21.5 Å². The summed E-state index contributed by atoms with van der Waals surface area (Å²) in [5.74, 6) is 0.0456. The van der Waals surface area contributed by atoms with Crippen molar-refractivity contribution in [3.63, 3.8) is 0 Å². The van der Waals surface area contributed by atoms with Crippen LogP contribution < -0.4 is 10.3 Å². The van der Waals surface area contributed by atoms with Gasteiger partial charge in [-0.15, -0.1) is 0 Å². The van der Waals surface area contributed by atoms with Gasteiger partial charge in [-0.2, -0.15) is 9.78 Å². The predicted molar refractivity (Wildman–Crippen MR) is 147 cm³/mol. The van der Waals surface area contributed by atoms with E-state index >= 15 is 0 Å². The van der Waals surface area contributed by atoms with Crippen LogP contribution in [-0.4, -0.2) is 21.8 Å². The number of esters is 1. The van der Waals surface area contributed by atoms with Crippen LogP contribution >= 0.6 is 23.2 Å². The number of nitrogens with zero attached hydrogens (tertiary/aromatic N) is 3. The van der Waals surface area contributed by atoms with Crippen molar-refractivity contribution in [2.45, 2.75) is 6.92 Å². The predicted octanol–water partition coefficient (Wildman–Crippen LogP) is 6.78. The zero-order chi connectivity index (χ0) is 25.9. The van der Waals surface area contributed by atoms with Crippen molar-refractivity contribution in [1.29, 1.82) is 0 Å². The van der Waals surface area contributed by atoms with E-state index < -0.39 is 5.97 Å². The zero-order valence-electron chi connectivity index (χ0n) is 19.6. The topological polar surface area (TPSA) is 73.5 Å². The average molecular weight is 528 g/mol. The van der Waals surface area contributed by atoms with E-state index in [2.05, 4.69) is 10.1 Å². The summed E-state index contributed by atoms with van der Waals surface area (Å²) in [5.41, 5.74) is 2.49. The molecule has 0 N–H and O–H groups in total. The summed E-state index contributed by atoms with van der Waals surface area (Å²) in [6, 6.07) is 26.0. The number of aromatic nitrogens is 2. The summed E-state index contributed by atoms with van der Waals surface area (Å²) in [7, 11) is 0. The highest BCUT2D eigenvalue weighted by Crippen LogP contribution is 2.29. The largest absolute Gasteiger partial charge is 0.422 e.